The maximum absolute atomic E-state index is 13.1. The number of sulfonamides is 1. The fourth-order valence-electron chi connectivity index (χ4n) is 3.14. The van der Waals surface area contributed by atoms with Crippen LogP contribution in [-0.4, -0.2) is 45.8 Å². The van der Waals surface area contributed by atoms with Gasteiger partial charge in [0.2, 0.25) is 5.91 Å². The summed E-state index contributed by atoms with van der Waals surface area (Å²) >= 11 is 0. The lowest BCUT2D eigenvalue weighted by Gasteiger charge is -2.19. The molecule has 2 aromatic carbocycles. The van der Waals surface area contributed by atoms with Gasteiger partial charge < -0.3 is 15.4 Å². The molecule has 2 atom stereocenters. The summed E-state index contributed by atoms with van der Waals surface area (Å²) in [5.74, 6) is -0.211. The Bertz CT molecular complexity index is 1150. The summed E-state index contributed by atoms with van der Waals surface area (Å²) in [5.41, 5.74) is 0.920. The van der Waals surface area contributed by atoms with Gasteiger partial charge in [0.25, 0.3) is 15.9 Å². The standard InChI is InChI=1S/C22H26N4O5S/c1-4-14(2)20(25-21-17-10-5-6-11-18(17)32(29,30)26-21)22(28)24-15-8-7-9-16(12-15)31-13-19(27)23-3/h5-12,14,20H,4,13H2,1-3H3,(H,23,27)(H,24,28)(H,25,26)/t14-,20-/m0/s1. The average Bonchev–Trinajstić information content (AvgIpc) is 3.05. The quantitative estimate of drug-likeness (QED) is 0.557. The fraction of sp³-hybridized carbons (Fsp3) is 0.318. The molecule has 2 amide bonds. The second-order valence-electron chi connectivity index (χ2n) is 7.39. The number of carbonyl (C=O) groups is 2. The highest BCUT2D eigenvalue weighted by molar-refractivity contribution is 7.90. The number of anilines is 1. The third-order valence-corrected chi connectivity index (χ3v) is 6.53. The summed E-state index contributed by atoms with van der Waals surface area (Å²) in [5, 5.41) is 5.28. The van der Waals surface area contributed by atoms with E-state index in [1.54, 1.807) is 42.5 Å². The Morgan fingerprint density at radius 3 is 2.62 bits per heavy atom. The van der Waals surface area contributed by atoms with Crippen molar-refractivity contribution in [1.82, 2.24) is 10.0 Å². The van der Waals surface area contributed by atoms with Crippen LogP contribution in [0.4, 0.5) is 5.69 Å². The first kappa shape index (κ1) is 23.3. The van der Waals surface area contributed by atoms with Gasteiger partial charge in [-0.2, -0.15) is 0 Å². The number of benzene rings is 2. The number of carbonyl (C=O) groups excluding carboxylic acids is 2. The molecule has 9 nitrogen and oxygen atoms in total. The monoisotopic (exact) mass is 458 g/mol. The highest BCUT2D eigenvalue weighted by Crippen LogP contribution is 2.25. The molecule has 2 aromatic rings. The first-order valence-corrected chi connectivity index (χ1v) is 11.7. The lowest BCUT2D eigenvalue weighted by Crippen LogP contribution is -2.34. The van der Waals surface area contributed by atoms with Crippen LogP contribution in [0, 0.1) is 5.92 Å². The third kappa shape index (κ3) is 5.25. The minimum Gasteiger partial charge on any atom is -0.484 e. The predicted molar refractivity (Wildman–Crippen MR) is 121 cm³/mol. The molecule has 1 heterocycles. The van der Waals surface area contributed by atoms with E-state index < -0.39 is 16.1 Å². The van der Waals surface area contributed by atoms with E-state index in [0.717, 1.165) is 0 Å². The number of fused-ring (bicyclic) bond motifs is 1. The molecule has 0 bridgehead atoms. The smallest absolute Gasteiger partial charge is 0.263 e. The van der Waals surface area contributed by atoms with Crippen molar-refractivity contribution in [2.24, 2.45) is 10.9 Å². The van der Waals surface area contributed by atoms with E-state index in [1.165, 1.54) is 13.1 Å². The Labute approximate surface area is 187 Å². The highest BCUT2D eigenvalue weighted by atomic mass is 32.2. The molecule has 0 spiro atoms. The normalized spacial score (nSPS) is 17.0. The average molecular weight is 459 g/mol. The first-order valence-electron chi connectivity index (χ1n) is 10.2. The summed E-state index contributed by atoms with van der Waals surface area (Å²) < 4.78 is 32.6. The SMILES string of the molecule is CC[C@H](C)[C@H](N=C1NS(=O)(=O)c2ccccc21)C(=O)Nc1cccc(OCC(=O)NC)c1. The van der Waals surface area contributed by atoms with E-state index in [0.29, 0.717) is 23.4 Å². The molecule has 0 saturated heterocycles. The number of amidine groups is 1. The summed E-state index contributed by atoms with van der Waals surface area (Å²) in [6, 6.07) is 12.4. The van der Waals surface area contributed by atoms with Crippen molar-refractivity contribution >= 4 is 33.4 Å². The van der Waals surface area contributed by atoms with Crippen LogP contribution in [0.25, 0.3) is 0 Å². The van der Waals surface area contributed by atoms with Gasteiger partial charge in [-0.3, -0.25) is 19.3 Å². The van der Waals surface area contributed by atoms with E-state index >= 15 is 0 Å². The first-order chi connectivity index (χ1) is 15.2. The van der Waals surface area contributed by atoms with Gasteiger partial charge in [-0.05, 0) is 30.2 Å². The van der Waals surface area contributed by atoms with Gasteiger partial charge >= 0.3 is 0 Å². The van der Waals surface area contributed by atoms with Crippen LogP contribution in [-0.2, 0) is 19.6 Å². The Kier molecular flexibility index (Phi) is 7.14. The van der Waals surface area contributed by atoms with E-state index in [4.69, 9.17) is 4.74 Å². The summed E-state index contributed by atoms with van der Waals surface area (Å²) in [6.45, 7) is 3.67. The number of aliphatic imine (C=N–C) groups is 1. The van der Waals surface area contributed by atoms with Gasteiger partial charge in [-0.25, -0.2) is 8.42 Å². The number of hydrogen-bond acceptors (Lipinski definition) is 6. The van der Waals surface area contributed by atoms with E-state index in [1.807, 2.05) is 13.8 Å². The maximum Gasteiger partial charge on any atom is 0.263 e. The van der Waals surface area contributed by atoms with Crippen molar-refractivity contribution in [3.63, 3.8) is 0 Å². The van der Waals surface area contributed by atoms with Gasteiger partial charge in [0.05, 0.1) is 4.90 Å². The van der Waals surface area contributed by atoms with Gasteiger partial charge in [0.1, 0.15) is 17.6 Å². The van der Waals surface area contributed by atoms with Crippen LogP contribution in [0.2, 0.25) is 0 Å². The van der Waals surface area contributed by atoms with Crippen LogP contribution in [0.5, 0.6) is 5.75 Å². The highest BCUT2D eigenvalue weighted by Gasteiger charge is 2.33. The van der Waals surface area contributed by atoms with Gasteiger partial charge in [0.15, 0.2) is 6.61 Å². The molecule has 1 aliphatic heterocycles. The molecule has 0 unspecified atom stereocenters. The van der Waals surface area contributed by atoms with Crippen LogP contribution < -0.4 is 20.1 Å². The van der Waals surface area contributed by atoms with E-state index in [9.17, 15) is 18.0 Å². The third-order valence-electron chi connectivity index (χ3n) is 5.13. The number of likely N-dealkylation sites (N-methyl/N-ethyl adjacent to an activating group) is 1. The van der Waals surface area contributed by atoms with E-state index in [-0.39, 0.29) is 35.1 Å². The predicted octanol–water partition coefficient (Wildman–Crippen LogP) is 1.90. The number of ether oxygens (including phenoxy) is 1. The molecule has 1 aliphatic rings. The molecule has 170 valence electrons. The second kappa shape index (κ2) is 9.82. The van der Waals surface area contributed by atoms with Crippen LogP contribution >= 0.6 is 0 Å². The Hall–Kier alpha value is -3.40. The van der Waals surface area contributed by atoms with Gasteiger partial charge in [-0.1, -0.05) is 38.5 Å². The maximum atomic E-state index is 13.1. The molecule has 0 aromatic heterocycles. The van der Waals surface area contributed by atoms with Crippen LogP contribution in [0.3, 0.4) is 0 Å². The topological polar surface area (TPSA) is 126 Å². The molecule has 32 heavy (non-hydrogen) atoms. The molecule has 3 rings (SSSR count). The summed E-state index contributed by atoms with van der Waals surface area (Å²) in [4.78, 5) is 29.1. The minimum atomic E-state index is -3.70. The van der Waals surface area contributed by atoms with Crippen molar-refractivity contribution in [2.75, 3.05) is 19.0 Å². The van der Waals surface area contributed by atoms with Crippen LogP contribution in [0.1, 0.15) is 25.8 Å². The van der Waals surface area contributed by atoms with Crippen molar-refractivity contribution in [3.05, 3.63) is 54.1 Å². The molecule has 0 radical (unpaired) electrons. The minimum absolute atomic E-state index is 0.142. The fourth-order valence-corrected chi connectivity index (χ4v) is 4.38. The Morgan fingerprint density at radius 1 is 1.16 bits per heavy atom. The van der Waals surface area contributed by atoms with Crippen molar-refractivity contribution in [1.29, 1.82) is 0 Å². The summed E-state index contributed by atoms with van der Waals surface area (Å²) in [7, 11) is -2.18. The molecule has 0 aliphatic carbocycles. The zero-order valence-electron chi connectivity index (χ0n) is 18.1. The number of rotatable bonds is 8. The van der Waals surface area contributed by atoms with Gasteiger partial charge in [0, 0.05) is 24.4 Å². The Morgan fingerprint density at radius 2 is 1.91 bits per heavy atom. The van der Waals surface area contributed by atoms with Crippen molar-refractivity contribution in [2.45, 2.75) is 31.2 Å². The molecule has 0 saturated carbocycles. The van der Waals surface area contributed by atoms with Crippen molar-refractivity contribution in [3.8, 4) is 5.75 Å². The second-order valence-corrected chi connectivity index (χ2v) is 9.04. The molecule has 0 fully saturated rings. The molecular weight excluding hydrogens is 432 g/mol. The zero-order chi connectivity index (χ0) is 23.3. The number of nitrogens with one attached hydrogen (secondary N) is 3. The lowest BCUT2D eigenvalue weighted by atomic mass is 9.98. The number of amides is 2. The largest absolute Gasteiger partial charge is 0.484 e. The number of hydrogen-bond donors (Lipinski definition) is 3. The lowest BCUT2D eigenvalue weighted by molar-refractivity contribution is -0.122. The molecule has 3 N–H and O–H groups in total. The summed E-state index contributed by atoms with van der Waals surface area (Å²) in [6.07, 6.45) is 0.665. The zero-order valence-corrected chi connectivity index (χ0v) is 18.9. The Balaban J connectivity index is 1.83. The van der Waals surface area contributed by atoms with E-state index in [2.05, 4.69) is 20.3 Å². The van der Waals surface area contributed by atoms with Crippen LogP contribution in [0.15, 0.2) is 58.4 Å². The molecular formula is C22H26N4O5S. The number of nitrogens with zero attached hydrogens (tertiary/aromatic N) is 1. The van der Waals surface area contributed by atoms with Gasteiger partial charge in [-0.15, -0.1) is 0 Å². The molecule has 10 heteroatoms. The van der Waals surface area contributed by atoms with Crippen molar-refractivity contribution < 1.29 is 22.7 Å².